The van der Waals surface area contributed by atoms with Crippen LogP contribution in [0.2, 0.25) is 0 Å². The van der Waals surface area contributed by atoms with E-state index >= 15 is 0 Å². The van der Waals surface area contributed by atoms with Crippen LogP contribution in [-0.4, -0.2) is 28.8 Å². The first-order chi connectivity index (χ1) is 8.02. The predicted octanol–water partition coefficient (Wildman–Crippen LogP) is 2.02. The summed E-state index contributed by atoms with van der Waals surface area (Å²) in [6.45, 7) is 10.9. The third-order valence-corrected chi connectivity index (χ3v) is 3.35. The Morgan fingerprint density at radius 2 is 1.94 bits per heavy atom. The Morgan fingerprint density at radius 3 is 2.44 bits per heavy atom. The molecule has 1 unspecified atom stereocenters. The molecule has 18 heavy (non-hydrogen) atoms. The fraction of sp³-hybridized carbons (Fsp3) is 0.929. The van der Waals surface area contributed by atoms with E-state index in [9.17, 15) is 5.11 Å². The summed E-state index contributed by atoms with van der Waals surface area (Å²) in [5, 5.41) is 13.7. The van der Waals surface area contributed by atoms with Crippen molar-refractivity contribution in [2.45, 2.75) is 71.4 Å². The van der Waals surface area contributed by atoms with E-state index in [1.807, 2.05) is 20.8 Å². The maximum atomic E-state index is 10.6. The first-order valence-electron chi connectivity index (χ1n) is 6.82. The van der Waals surface area contributed by atoms with E-state index in [0.717, 1.165) is 19.3 Å². The van der Waals surface area contributed by atoms with E-state index in [-0.39, 0.29) is 11.0 Å². The van der Waals surface area contributed by atoms with E-state index in [1.165, 1.54) is 6.42 Å². The van der Waals surface area contributed by atoms with Crippen LogP contribution in [0.1, 0.15) is 60.3 Å². The average Bonchev–Trinajstić information content (AvgIpc) is 2.10. The molecular weight excluding hydrogens is 226 g/mol. The van der Waals surface area contributed by atoms with Crippen LogP contribution >= 0.6 is 0 Å². The van der Waals surface area contributed by atoms with Gasteiger partial charge in [-0.25, -0.2) is 0 Å². The van der Waals surface area contributed by atoms with Gasteiger partial charge >= 0.3 is 0 Å². The van der Waals surface area contributed by atoms with Crippen molar-refractivity contribution in [2.24, 2.45) is 16.1 Å². The lowest BCUT2D eigenvalue weighted by atomic mass is 9.70. The lowest BCUT2D eigenvalue weighted by molar-refractivity contribution is -0.0307. The van der Waals surface area contributed by atoms with Crippen molar-refractivity contribution in [3.63, 3.8) is 0 Å². The summed E-state index contributed by atoms with van der Waals surface area (Å²) in [6.07, 6.45) is 3.86. The number of aliphatic hydroxyl groups is 1. The van der Waals surface area contributed by atoms with Gasteiger partial charge in [0.05, 0.1) is 12.1 Å². The highest BCUT2D eigenvalue weighted by molar-refractivity contribution is 5.78. The Labute approximate surface area is 111 Å². The van der Waals surface area contributed by atoms with Crippen molar-refractivity contribution < 1.29 is 5.11 Å². The largest absolute Gasteiger partial charge is 0.388 e. The van der Waals surface area contributed by atoms with Gasteiger partial charge in [-0.15, -0.1) is 0 Å². The van der Waals surface area contributed by atoms with Gasteiger partial charge in [-0.2, -0.15) is 0 Å². The standard InChI is InChI=1S/C14H29N3O/c1-12(2,3)17-11(15)16-10-14(18)8-6-7-13(4,5)9-14/h18H,6-10H2,1-5H3,(H3,15,16,17). The molecule has 0 radical (unpaired) electrons. The van der Waals surface area contributed by atoms with Crippen LogP contribution in [0.4, 0.5) is 0 Å². The third-order valence-electron chi connectivity index (χ3n) is 3.35. The highest BCUT2D eigenvalue weighted by atomic mass is 16.3. The van der Waals surface area contributed by atoms with E-state index in [0.29, 0.717) is 12.5 Å². The van der Waals surface area contributed by atoms with Gasteiger partial charge < -0.3 is 16.2 Å². The highest BCUT2D eigenvalue weighted by Gasteiger charge is 2.38. The summed E-state index contributed by atoms with van der Waals surface area (Å²) in [7, 11) is 0. The molecule has 1 aliphatic carbocycles. The zero-order valence-corrected chi connectivity index (χ0v) is 12.5. The van der Waals surface area contributed by atoms with E-state index in [2.05, 4.69) is 24.2 Å². The van der Waals surface area contributed by atoms with Crippen molar-refractivity contribution in [1.29, 1.82) is 0 Å². The minimum Gasteiger partial charge on any atom is -0.388 e. The maximum Gasteiger partial charge on any atom is 0.189 e. The van der Waals surface area contributed by atoms with Gasteiger partial charge in [-0.1, -0.05) is 13.8 Å². The lowest BCUT2D eigenvalue weighted by Crippen LogP contribution is -2.47. The normalized spacial score (nSPS) is 29.1. The van der Waals surface area contributed by atoms with Gasteiger partial charge in [0.15, 0.2) is 5.96 Å². The molecule has 4 nitrogen and oxygen atoms in total. The molecule has 1 saturated carbocycles. The summed E-state index contributed by atoms with van der Waals surface area (Å²) in [5.74, 6) is 0.416. The molecule has 0 heterocycles. The second-order valence-corrected chi connectivity index (χ2v) is 7.50. The number of nitrogens with one attached hydrogen (secondary N) is 1. The van der Waals surface area contributed by atoms with Gasteiger partial charge in [0.2, 0.25) is 0 Å². The molecule has 1 fully saturated rings. The molecule has 0 aliphatic heterocycles. The third kappa shape index (κ3) is 5.25. The molecule has 1 aliphatic rings. The fourth-order valence-corrected chi connectivity index (χ4v) is 2.75. The molecule has 4 N–H and O–H groups in total. The zero-order chi connectivity index (χ0) is 14.0. The highest BCUT2D eigenvalue weighted by Crippen LogP contribution is 2.40. The minimum atomic E-state index is -0.689. The molecule has 106 valence electrons. The van der Waals surface area contributed by atoms with Crippen LogP contribution < -0.4 is 11.1 Å². The fourth-order valence-electron chi connectivity index (χ4n) is 2.75. The maximum absolute atomic E-state index is 10.6. The van der Waals surface area contributed by atoms with Gasteiger partial charge in [-0.05, 0) is 51.9 Å². The van der Waals surface area contributed by atoms with Crippen molar-refractivity contribution >= 4 is 5.96 Å². The van der Waals surface area contributed by atoms with Crippen molar-refractivity contribution in [3.8, 4) is 0 Å². The number of nitrogens with two attached hydrogens (primary N) is 1. The molecule has 1 rings (SSSR count). The summed E-state index contributed by atoms with van der Waals surface area (Å²) in [6, 6.07) is 0. The second kappa shape index (κ2) is 5.08. The number of aliphatic imine (C=N–C) groups is 1. The topological polar surface area (TPSA) is 70.6 Å². The summed E-state index contributed by atoms with van der Waals surface area (Å²) < 4.78 is 0. The van der Waals surface area contributed by atoms with Crippen LogP contribution in [0, 0.1) is 5.41 Å². The van der Waals surface area contributed by atoms with Crippen LogP contribution in [0.5, 0.6) is 0 Å². The SMILES string of the molecule is CC1(C)CCCC(O)(CN=C(N)NC(C)(C)C)C1. The summed E-state index contributed by atoms with van der Waals surface area (Å²) in [5.41, 5.74) is 5.25. The van der Waals surface area contributed by atoms with Crippen molar-refractivity contribution in [2.75, 3.05) is 6.54 Å². The summed E-state index contributed by atoms with van der Waals surface area (Å²) >= 11 is 0. The number of hydrogen-bond acceptors (Lipinski definition) is 2. The van der Waals surface area contributed by atoms with E-state index in [1.54, 1.807) is 0 Å². The Bertz CT molecular complexity index is 317. The molecular formula is C14H29N3O. The molecule has 0 aromatic carbocycles. The smallest absolute Gasteiger partial charge is 0.189 e. The predicted molar refractivity (Wildman–Crippen MR) is 76.6 cm³/mol. The number of nitrogens with zero attached hydrogens (tertiary/aromatic N) is 1. The van der Waals surface area contributed by atoms with Gasteiger partial charge in [0, 0.05) is 5.54 Å². The molecule has 0 amide bonds. The van der Waals surface area contributed by atoms with Gasteiger partial charge in [0.1, 0.15) is 0 Å². The molecule has 0 spiro atoms. The first-order valence-corrected chi connectivity index (χ1v) is 6.82. The Balaban J connectivity index is 2.58. The number of rotatable bonds is 2. The average molecular weight is 255 g/mol. The van der Waals surface area contributed by atoms with Crippen LogP contribution in [0.15, 0.2) is 4.99 Å². The quantitative estimate of drug-likeness (QED) is 0.522. The second-order valence-electron chi connectivity index (χ2n) is 7.50. The molecule has 0 bridgehead atoms. The van der Waals surface area contributed by atoms with Crippen molar-refractivity contribution in [3.05, 3.63) is 0 Å². The lowest BCUT2D eigenvalue weighted by Gasteiger charge is -2.40. The van der Waals surface area contributed by atoms with Gasteiger partial charge in [-0.3, -0.25) is 4.99 Å². The Kier molecular flexibility index (Phi) is 4.31. The van der Waals surface area contributed by atoms with Crippen LogP contribution in [0.25, 0.3) is 0 Å². The summed E-state index contributed by atoms with van der Waals surface area (Å²) in [4.78, 5) is 4.30. The molecule has 0 aromatic heterocycles. The number of hydrogen-bond donors (Lipinski definition) is 3. The van der Waals surface area contributed by atoms with Crippen LogP contribution in [-0.2, 0) is 0 Å². The van der Waals surface area contributed by atoms with Gasteiger partial charge in [0.25, 0.3) is 0 Å². The monoisotopic (exact) mass is 255 g/mol. The Hall–Kier alpha value is -0.770. The molecule has 0 saturated heterocycles. The van der Waals surface area contributed by atoms with E-state index in [4.69, 9.17) is 5.73 Å². The van der Waals surface area contributed by atoms with Crippen molar-refractivity contribution in [1.82, 2.24) is 5.32 Å². The number of guanidine groups is 1. The Morgan fingerprint density at radius 1 is 1.33 bits per heavy atom. The molecule has 0 aromatic rings. The zero-order valence-electron chi connectivity index (χ0n) is 12.5. The minimum absolute atomic E-state index is 0.0952. The van der Waals surface area contributed by atoms with E-state index < -0.39 is 5.60 Å². The molecule has 4 heteroatoms. The van der Waals surface area contributed by atoms with Crippen LogP contribution in [0.3, 0.4) is 0 Å². The first kappa shape index (κ1) is 15.3. The molecule has 1 atom stereocenters.